The van der Waals surface area contributed by atoms with E-state index in [-0.39, 0.29) is 17.1 Å². The van der Waals surface area contributed by atoms with Crippen LogP contribution in [0.4, 0.5) is 5.69 Å². The summed E-state index contributed by atoms with van der Waals surface area (Å²) >= 11 is 3.44. The maximum Gasteiger partial charge on any atom is 0.277 e. The minimum Gasteiger partial charge on any atom is -0.411 e. The maximum atomic E-state index is 12.1. The number of aromatic nitrogens is 2. The lowest BCUT2D eigenvalue weighted by Crippen LogP contribution is -2.13. The molecule has 27 heavy (non-hydrogen) atoms. The van der Waals surface area contributed by atoms with Crippen molar-refractivity contribution in [1.29, 1.82) is 0 Å². The average molecular weight is 493 g/mol. The first-order valence-corrected chi connectivity index (χ1v) is 10.5. The molecular weight excluding hydrogens is 473 g/mol. The Labute approximate surface area is 176 Å². The zero-order valence-electron chi connectivity index (χ0n) is 15.3. The molecule has 1 N–H and O–H groups in total. The van der Waals surface area contributed by atoms with Crippen molar-refractivity contribution in [2.75, 3.05) is 11.1 Å². The molecule has 3 aromatic rings. The summed E-state index contributed by atoms with van der Waals surface area (Å²) in [5, 5.41) is 11.3. The smallest absolute Gasteiger partial charge is 0.277 e. The number of rotatable bonds is 5. The predicted octanol–water partition coefficient (Wildman–Crippen LogP) is 5.37. The minimum absolute atomic E-state index is 0.0960. The lowest BCUT2D eigenvalue weighted by molar-refractivity contribution is -0.113. The monoisotopic (exact) mass is 493 g/mol. The summed E-state index contributed by atoms with van der Waals surface area (Å²) < 4.78 is 6.79. The minimum atomic E-state index is -0.115. The van der Waals surface area contributed by atoms with E-state index < -0.39 is 0 Å². The number of benzene rings is 2. The first-order chi connectivity index (χ1) is 12.8. The Morgan fingerprint density at radius 3 is 2.37 bits per heavy atom. The van der Waals surface area contributed by atoms with Gasteiger partial charge in [-0.15, -0.1) is 10.2 Å². The lowest BCUT2D eigenvalue weighted by Gasteiger charge is -2.18. The number of hydrogen-bond acceptors (Lipinski definition) is 5. The number of halogens is 1. The van der Waals surface area contributed by atoms with Crippen LogP contribution in [0.1, 0.15) is 26.3 Å². The highest BCUT2D eigenvalue weighted by Crippen LogP contribution is 2.27. The predicted molar refractivity (Wildman–Crippen MR) is 117 cm³/mol. The molecule has 0 unspecified atom stereocenters. The van der Waals surface area contributed by atoms with Gasteiger partial charge in [-0.1, -0.05) is 44.7 Å². The van der Waals surface area contributed by atoms with Crippen molar-refractivity contribution in [3.05, 3.63) is 57.7 Å². The number of anilines is 1. The van der Waals surface area contributed by atoms with Crippen LogP contribution >= 0.6 is 34.4 Å². The summed E-state index contributed by atoms with van der Waals surface area (Å²) in [6.45, 7) is 6.51. The van der Waals surface area contributed by atoms with Gasteiger partial charge in [-0.05, 0) is 70.0 Å². The van der Waals surface area contributed by atoms with Crippen molar-refractivity contribution >= 4 is 45.9 Å². The zero-order valence-corrected chi connectivity index (χ0v) is 18.3. The van der Waals surface area contributed by atoms with Gasteiger partial charge in [-0.25, -0.2) is 0 Å². The summed E-state index contributed by atoms with van der Waals surface area (Å²) in [5.74, 6) is 0.544. The Bertz CT molecular complexity index is 916. The number of hydrogen-bond donors (Lipinski definition) is 1. The van der Waals surface area contributed by atoms with Gasteiger partial charge < -0.3 is 9.73 Å². The second-order valence-corrected chi connectivity index (χ2v) is 9.22. The van der Waals surface area contributed by atoms with Crippen molar-refractivity contribution in [3.8, 4) is 11.5 Å². The van der Waals surface area contributed by atoms with Crippen LogP contribution in [0.15, 0.2) is 58.2 Å². The van der Waals surface area contributed by atoms with Crippen LogP contribution < -0.4 is 5.32 Å². The molecule has 7 heteroatoms. The lowest BCUT2D eigenvalue weighted by atomic mass is 9.87. The van der Waals surface area contributed by atoms with Crippen LogP contribution in [0.25, 0.3) is 11.5 Å². The van der Waals surface area contributed by atoms with Gasteiger partial charge >= 0.3 is 0 Å². The van der Waals surface area contributed by atoms with Gasteiger partial charge in [0.25, 0.3) is 5.22 Å². The first-order valence-electron chi connectivity index (χ1n) is 8.44. The Balaban J connectivity index is 1.57. The zero-order chi connectivity index (χ0) is 19.4. The van der Waals surface area contributed by atoms with Crippen LogP contribution in [0.2, 0.25) is 0 Å². The molecule has 140 valence electrons. The summed E-state index contributed by atoms with van der Waals surface area (Å²) in [6, 6.07) is 15.7. The van der Waals surface area contributed by atoms with E-state index in [4.69, 9.17) is 4.42 Å². The van der Waals surface area contributed by atoms with Gasteiger partial charge in [-0.2, -0.15) is 0 Å². The number of nitrogens with zero attached hydrogens (tertiary/aromatic N) is 2. The van der Waals surface area contributed by atoms with E-state index in [9.17, 15) is 4.79 Å². The van der Waals surface area contributed by atoms with Crippen molar-refractivity contribution in [2.24, 2.45) is 0 Å². The van der Waals surface area contributed by atoms with Gasteiger partial charge in [0, 0.05) is 14.8 Å². The summed E-state index contributed by atoms with van der Waals surface area (Å²) in [5.41, 5.74) is 2.98. The van der Waals surface area contributed by atoms with E-state index in [0.717, 1.165) is 14.8 Å². The first kappa shape index (κ1) is 19.9. The van der Waals surface area contributed by atoms with Gasteiger partial charge in [0.15, 0.2) is 0 Å². The molecule has 0 aliphatic rings. The topological polar surface area (TPSA) is 68.0 Å². The summed E-state index contributed by atoms with van der Waals surface area (Å²) in [6.07, 6.45) is 0. The second kappa shape index (κ2) is 8.43. The fourth-order valence-corrected chi connectivity index (χ4v) is 3.28. The Hall–Kier alpha value is -1.87. The Morgan fingerprint density at radius 1 is 1.07 bits per heavy atom. The molecule has 0 bridgehead atoms. The van der Waals surface area contributed by atoms with E-state index in [1.807, 2.05) is 36.4 Å². The standard InChI is InChI=1S/C20H20IN3O2S/c1-20(2,3)14-6-4-13(5-7-14)18-23-24-19(26-18)27-12-17(25)22-16-10-8-15(21)9-11-16/h4-11H,12H2,1-3H3,(H,22,25). The van der Waals surface area contributed by atoms with Crippen LogP contribution in [0.5, 0.6) is 0 Å². The molecule has 1 heterocycles. The number of carbonyl (C=O) groups is 1. The number of thioether (sulfide) groups is 1. The maximum absolute atomic E-state index is 12.1. The van der Waals surface area contributed by atoms with Crippen LogP contribution in [-0.4, -0.2) is 21.9 Å². The molecule has 0 fully saturated rings. The highest BCUT2D eigenvalue weighted by Gasteiger charge is 2.15. The molecule has 0 saturated heterocycles. The van der Waals surface area contributed by atoms with E-state index in [0.29, 0.717) is 11.1 Å². The van der Waals surface area contributed by atoms with Crippen molar-refractivity contribution in [1.82, 2.24) is 10.2 Å². The number of amides is 1. The highest BCUT2D eigenvalue weighted by molar-refractivity contribution is 14.1. The molecule has 0 aliphatic carbocycles. The fraction of sp³-hybridized carbons (Fsp3) is 0.250. The molecule has 0 radical (unpaired) electrons. The molecule has 1 amide bonds. The molecule has 0 spiro atoms. The summed E-state index contributed by atoms with van der Waals surface area (Å²) in [4.78, 5) is 12.1. The molecule has 0 aliphatic heterocycles. The van der Waals surface area contributed by atoms with Gasteiger partial charge in [0.2, 0.25) is 11.8 Å². The van der Waals surface area contributed by atoms with Gasteiger partial charge in [-0.3, -0.25) is 4.79 Å². The highest BCUT2D eigenvalue weighted by atomic mass is 127. The second-order valence-electron chi connectivity index (χ2n) is 7.04. The SMILES string of the molecule is CC(C)(C)c1ccc(-c2nnc(SCC(=O)Nc3ccc(I)cc3)o2)cc1. The largest absolute Gasteiger partial charge is 0.411 e. The molecule has 5 nitrogen and oxygen atoms in total. The third-order valence-corrected chi connectivity index (χ3v) is 5.40. The molecule has 0 atom stereocenters. The van der Waals surface area contributed by atoms with Gasteiger partial charge in [0.1, 0.15) is 0 Å². The van der Waals surface area contributed by atoms with Crippen LogP contribution in [-0.2, 0) is 10.2 Å². The van der Waals surface area contributed by atoms with Crippen LogP contribution in [0.3, 0.4) is 0 Å². The van der Waals surface area contributed by atoms with E-state index in [2.05, 4.69) is 71.0 Å². The quantitative estimate of drug-likeness (QED) is 0.383. The third-order valence-electron chi connectivity index (χ3n) is 3.86. The molecule has 1 aromatic heterocycles. The fourth-order valence-electron chi connectivity index (χ4n) is 2.36. The Morgan fingerprint density at radius 2 is 1.74 bits per heavy atom. The number of nitrogens with one attached hydrogen (secondary N) is 1. The van der Waals surface area contributed by atoms with E-state index >= 15 is 0 Å². The van der Waals surface area contributed by atoms with Crippen LogP contribution in [0, 0.1) is 3.57 Å². The molecule has 3 rings (SSSR count). The molecular formula is C20H20IN3O2S. The van der Waals surface area contributed by atoms with Crippen molar-refractivity contribution < 1.29 is 9.21 Å². The molecule has 0 saturated carbocycles. The van der Waals surface area contributed by atoms with E-state index in [1.165, 1.54) is 17.3 Å². The van der Waals surface area contributed by atoms with Crippen molar-refractivity contribution in [3.63, 3.8) is 0 Å². The van der Waals surface area contributed by atoms with E-state index in [1.54, 1.807) is 0 Å². The third kappa shape index (κ3) is 5.55. The molecule has 2 aromatic carbocycles. The van der Waals surface area contributed by atoms with Gasteiger partial charge in [0.05, 0.1) is 5.75 Å². The normalized spacial score (nSPS) is 11.4. The summed E-state index contributed by atoms with van der Waals surface area (Å²) in [7, 11) is 0. The van der Waals surface area contributed by atoms with Crippen molar-refractivity contribution in [2.45, 2.75) is 31.4 Å². The average Bonchev–Trinajstić information content (AvgIpc) is 3.10. The number of carbonyl (C=O) groups excluding carboxylic acids is 1. The Kier molecular flexibility index (Phi) is 6.21.